The SMILES string of the molecule is COc1cc(-c2ccc(N)c(N)c2)c(F)cn1. The maximum atomic E-state index is 13.6. The molecule has 0 fully saturated rings. The van der Waals surface area contributed by atoms with E-state index in [2.05, 4.69) is 4.98 Å². The van der Waals surface area contributed by atoms with Crippen LogP contribution in [-0.4, -0.2) is 12.1 Å². The Labute approximate surface area is 98.0 Å². The molecule has 4 nitrogen and oxygen atoms in total. The average Bonchev–Trinajstić information content (AvgIpc) is 2.33. The number of nitrogens with two attached hydrogens (primary N) is 2. The number of methoxy groups -OCH3 is 1. The molecule has 0 atom stereocenters. The predicted octanol–water partition coefficient (Wildman–Crippen LogP) is 2.06. The first-order valence-corrected chi connectivity index (χ1v) is 4.96. The minimum absolute atomic E-state index is 0.344. The third-order valence-corrected chi connectivity index (χ3v) is 2.44. The Morgan fingerprint density at radius 1 is 1.18 bits per heavy atom. The highest BCUT2D eigenvalue weighted by atomic mass is 19.1. The molecule has 0 aliphatic carbocycles. The molecule has 5 heteroatoms. The fourth-order valence-electron chi connectivity index (χ4n) is 1.49. The zero-order valence-corrected chi connectivity index (χ0v) is 9.27. The fraction of sp³-hybridized carbons (Fsp3) is 0.0833. The molecule has 0 aliphatic heterocycles. The zero-order chi connectivity index (χ0) is 12.4. The molecule has 1 heterocycles. The minimum atomic E-state index is -0.435. The van der Waals surface area contributed by atoms with Crippen molar-refractivity contribution in [3.63, 3.8) is 0 Å². The van der Waals surface area contributed by atoms with Gasteiger partial charge in [0.05, 0.1) is 24.7 Å². The van der Waals surface area contributed by atoms with E-state index in [1.165, 1.54) is 13.2 Å². The summed E-state index contributed by atoms with van der Waals surface area (Å²) in [6.07, 6.45) is 1.11. The third kappa shape index (κ3) is 2.13. The lowest BCUT2D eigenvalue weighted by Crippen LogP contribution is -1.96. The first-order chi connectivity index (χ1) is 8.11. The van der Waals surface area contributed by atoms with Crippen molar-refractivity contribution >= 4 is 11.4 Å². The molecule has 88 valence electrons. The van der Waals surface area contributed by atoms with E-state index in [4.69, 9.17) is 16.2 Å². The lowest BCUT2D eigenvalue weighted by Gasteiger charge is -2.07. The Kier molecular flexibility index (Phi) is 2.82. The number of anilines is 2. The number of rotatable bonds is 2. The Morgan fingerprint density at radius 3 is 2.59 bits per heavy atom. The van der Waals surface area contributed by atoms with Crippen LogP contribution in [0.4, 0.5) is 15.8 Å². The second-order valence-electron chi connectivity index (χ2n) is 3.55. The summed E-state index contributed by atoms with van der Waals surface area (Å²) in [4.78, 5) is 3.77. The second-order valence-corrected chi connectivity index (χ2v) is 3.55. The van der Waals surface area contributed by atoms with Gasteiger partial charge in [-0.05, 0) is 17.7 Å². The molecule has 0 saturated carbocycles. The fourth-order valence-corrected chi connectivity index (χ4v) is 1.49. The first kappa shape index (κ1) is 11.2. The molecule has 0 bridgehead atoms. The molecule has 0 aliphatic rings. The van der Waals surface area contributed by atoms with Gasteiger partial charge in [-0.3, -0.25) is 0 Å². The molecule has 4 N–H and O–H groups in total. The van der Waals surface area contributed by atoms with Crippen molar-refractivity contribution in [2.75, 3.05) is 18.6 Å². The van der Waals surface area contributed by atoms with Crippen LogP contribution in [0.1, 0.15) is 0 Å². The molecule has 0 amide bonds. The summed E-state index contributed by atoms with van der Waals surface area (Å²) in [7, 11) is 1.47. The van der Waals surface area contributed by atoms with Crippen LogP contribution < -0.4 is 16.2 Å². The van der Waals surface area contributed by atoms with E-state index in [1.807, 2.05) is 0 Å². The zero-order valence-electron chi connectivity index (χ0n) is 9.27. The molecular weight excluding hydrogens is 221 g/mol. The number of nitrogen functional groups attached to an aromatic ring is 2. The Balaban J connectivity index is 2.55. The van der Waals surface area contributed by atoms with Crippen molar-refractivity contribution in [2.24, 2.45) is 0 Å². The topological polar surface area (TPSA) is 74.2 Å². The monoisotopic (exact) mass is 233 g/mol. The van der Waals surface area contributed by atoms with Crippen molar-refractivity contribution < 1.29 is 9.13 Å². The van der Waals surface area contributed by atoms with Gasteiger partial charge in [-0.15, -0.1) is 0 Å². The summed E-state index contributed by atoms with van der Waals surface area (Å²) < 4.78 is 18.6. The summed E-state index contributed by atoms with van der Waals surface area (Å²) in [5, 5.41) is 0. The number of ether oxygens (including phenoxy) is 1. The van der Waals surface area contributed by atoms with Gasteiger partial charge >= 0.3 is 0 Å². The van der Waals surface area contributed by atoms with E-state index in [9.17, 15) is 4.39 Å². The highest BCUT2D eigenvalue weighted by molar-refractivity contribution is 5.75. The lowest BCUT2D eigenvalue weighted by molar-refractivity contribution is 0.396. The van der Waals surface area contributed by atoms with Gasteiger partial charge in [0.15, 0.2) is 0 Å². The van der Waals surface area contributed by atoms with Crippen LogP contribution in [0.2, 0.25) is 0 Å². The number of pyridine rings is 1. The van der Waals surface area contributed by atoms with E-state index in [-0.39, 0.29) is 0 Å². The van der Waals surface area contributed by atoms with E-state index in [0.717, 1.165) is 6.20 Å². The van der Waals surface area contributed by atoms with E-state index >= 15 is 0 Å². The largest absolute Gasteiger partial charge is 0.481 e. The van der Waals surface area contributed by atoms with E-state index < -0.39 is 5.82 Å². The summed E-state index contributed by atoms with van der Waals surface area (Å²) >= 11 is 0. The van der Waals surface area contributed by atoms with Crippen molar-refractivity contribution in [2.45, 2.75) is 0 Å². The molecule has 2 rings (SSSR count). The highest BCUT2D eigenvalue weighted by Gasteiger charge is 2.08. The molecule has 1 aromatic carbocycles. The summed E-state index contributed by atoms with van der Waals surface area (Å²) in [6.45, 7) is 0. The molecule has 1 aromatic heterocycles. The van der Waals surface area contributed by atoms with Crippen LogP contribution >= 0.6 is 0 Å². The quantitative estimate of drug-likeness (QED) is 0.778. The standard InChI is InChI=1S/C12H12FN3O/c1-17-12-5-8(9(13)6-16-12)7-2-3-10(14)11(15)4-7/h2-6H,14-15H2,1H3. The molecule has 0 spiro atoms. The van der Waals surface area contributed by atoms with Crippen LogP contribution in [0.15, 0.2) is 30.5 Å². The van der Waals surface area contributed by atoms with Gasteiger partial charge < -0.3 is 16.2 Å². The molecule has 2 aromatic rings. The van der Waals surface area contributed by atoms with Crippen molar-refractivity contribution in [1.82, 2.24) is 4.98 Å². The van der Waals surface area contributed by atoms with Crippen LogP contribution in [0.25, 0.3) is 11.1 Å². The van der Waals surface area contributed by atoms with Gasteiger partial charge in [-0.2, -0.15) is 0 Å². The lowest BCUT2D eigenvalue weighted by atomic mass is 10.1. The minimum Gasteiger partial charge on any atom is -0.481 e. The molecular formula is C12H12FN3O. The molecule has 0 unspecified atom stereocenters. The van der Waals surface area contributed by atoms with Gasteiger partial charge in [0.2, 0.25) is 5.88 Å². The summed E-state index contributed by atoms with van der Waals surface area (Å²) in [5.41, 5.74) is 13.2. The van der Waals surface area contributed by atoms with Crippen LogP contribution in [0.3, 0.4) is 0 Å². The Bertz CT molecular complexity index is 557. The molecule has 17 heavy (non-hydrogen) atoms. The second kappa shape index (κ2) is 4.29. The van der Waals surface area contributed by atoms with Crippen LogP contribution in [0, 0.1) is 5.82 Å². The average molecular weight is 233 g/mol. The van der Waals surface area contributed by atoms with Crippen LogP contribution in [0.5, 0.6) is 5.88 Å². The van der Waals surface area contributed by atoms with Crippen LogP contribution in [-0.2, 0) is 0 Å². The van der Waals surface area contributed by atoms with Crippen molar-refractivity contribution in [3.05, 3.63) is 36.3 Å². The number of benzene rings is 1. The number of halogens is 1. The predicted molar refractivity (Wildman–Crippen MR) is 65.0 cm³/mol. The Hall–Kier alpha value is -2.30. The first-order valence-electron chi connectivity index (χ1n) is 4.96. The van der Waals surface area contributed by atoms with E-state index in [0.29, 0.717) is 28.4 Å². The number of hydrogen-bond acceptors (Lipinski definition) is 4. The van der Waals surface area contributed by atoms with Gasteiger partial charge in [0.25, 0.3) is 0 Å². The smallest absolute Gasteiger partial charge is 0.213 e. The number of nitrogens with zero attached hydrogens (tertiary/aromatic N) is 1. The van der Waals surface area contributed by atoms with Crippen molar-refractivity contribution in [3.8, 4) is 17.0 Å². The molecule has 0 saturated heterocycles. The maximum Gasteiger partial charge on any atom is 0.213 e. The van der Waals surface area contributed by atoms with Gasteiger partial charge in [0.1, 0.15) is 5.82 Å². The molecule has 0 radical (unpaired) electrons. The number of aromatic nitrogens is 1. The Morgan fingerprint density at radius 2 is 1.94 bits per heavy atom. The third-order valence-electron chi connectivity index (χ3n) is 2.44. The normalized spacial score (nSPS) is 10.2. The van der Waals surface area contributed by atoms with Gasteiger partial charge in [-0.1, -0.05) is 6.07 Å². The number of hydrogen-bond donors (Lipinski definition) is 2. The highest BCUT2D eigenvalue weighted by Crippen LogP contribution is 2.28. The summed E-state index contributed by atoms with van der Waals surface area (Å²) in [5.74, 6) is -0.0910. The maximum absolute atomic E-state index is 13.6. The van der Waals surface area contributed by atoms with Crippen molar-refractivity contribution in [1.29, 1.82) is 0 Å². The summed E-state index contributed by atoms with van der Waals surface area (Å²) in [6, 6.07) is 6.47. The van der Waals surface area contributed by atoms with E-state index in [1.54, 1.807) is 18.2 Å². The van der Waals surface area contributed by atoms with Gasteiger partial charge in [0, 0.05) is 11.6 Å². The van der Waals surface area contributed by atoms with Gasteiger partial charge in [-0.25, -0.2) is 9.37 Å².